The molecule has 0 saturated carbocycles. The molecule has 0 unspecified atom stereocenters. The van der Waals surface area contributed by atoms with Gasteiger partial charge >= 0.3 is 0 Å². The lowest BCUT2D eigenvalue weighted by atomic mass is 10.3. The third-order valence-electron chi connectivity index (χ3n) is 3.29. The molecule has 0 spiro atoms. The third-order valence-corrected chi connectivity index (χ3v) is 4.52. The second kappa shape index (κ2) is 6.91. The number of rotatable bonds is 6. The lowest BCUT2D eigenvalue weighted by Gasteiger charge is -2.18. The van der Waals surface area contributed by atoms with Crippen molar-refractivity contribution in [1.29, 1.82) is 0 Å². The van der Waals surface area contributed by atoms with E-state index in [-0.39, 0.29) is 0 Å². The molecule has 0 amide bonds. The first-order chi connectivity index (χ1) is 10.0. The molecule has 1 heterocycles. The fraction of sp³-hybridized carbons (Fsp3) is 0.438. The molecule has 21 heavy (non-hydrogen) atoms. The van der Waals surface area contributed by atoms with E-state index in [0.717, 1.165) is 28.8 Å². The van der Waals surface area contributed by atoms with Crippen LogP contribution in [0.5, 0.6) is 5.75 Å². The standard InChI is InChI=1S/C16H23N3OS/c1-11(2)17-10-15-12(3)18-16(21-15)19(4)13-8-6-7-9-14(13)20-5/h6-9,11,17H,10H2,1-5H3. The number of methoxy groups -OCH3 is 1. The van der Waals surface area contributed by atoms with Gasteiger partial charge in [-0.2, -0.15) is 0 Å². The molecular weight excluding hydrogens is 282 g/mol. The highest BCUT2D eigenvalue weighted by Crippen LogP contribution is 2.35. The largest absolute Gasteiger partial charge is 0.495 e. The Balaban J connectivity index is 2.23. The number of benzene rings is 1. The van der Waals surface area contributed by atoms with Crippen molar-refractivity contribution in [2.24, 2.45) is 0 Å². The zero-order chi connectivity index (χ0) is 15.4. The quantitative estimate of drug-likeness (QED) is 0.882. The Bertz CT molecular complexity index is 595. The fourth-order valence-corrected chi connectivity index (χ4v) is 3.01. The minimum atomic E-state index is 0.474. The molecule has 4 nitrogen and oxygen atoms in total. The van der Waals surface area contributed by atoms with Gasteiger partial charge in [0.2, 0.25) is 0 Å². The van der Waals surface area contributed by atoms with Crippen molar-refractivity contribution in [3.05, 3.63) is 34.8 Å². The van der Waals surface area contributed by atoms with Crippen molar-refractivity contribution in [1.82, 2.24) is 10.3 Å². The maximum Gasteiger partial charge on any atom is 0.190 e. The number of thiazole rings is 1. The molecule has 0 aliphatic rings. The maximum absolute atomic E-state index is 5.43. The maximum atomic E-state index is 5.43. The SMILES string of the molecule is COc1ccccc1N(C)c1nc(C)c(CNC(C)C)s1. The van der Waals surface area contributed by atoms with Crippen LogP contribution in [0.4, 0.5) is 10.8 Å². The second-order valence-electron chi connectivity index (χ2n) is 5.27. The van der Waals surface area contributed by atoms with Gasteiger partial charge in [0.05, 0.1) is 18.5 Å². The van der Waals surface area contributed by atoms with Gasteiger partial charge in [-0.05, 0) is 19.1 Å². The highest BCUT2D eigenvalue weighted by Gasteiger charge is 2.15. The highest BCUT2D eigenvalue weighted by molar-refractivity contribution is 7.15. The summed E-state index contributed by atoms with van der Waals surface area (Å²) >= 11 is 1.72. The second-order valence-corrected chi connectivity index (χ2v) is 6.33. The van der Waals surface area contributed by atoms with Crippen molar-refractivity contribution >= 4 is 22.2 Å². The number of anilines is 2. The number of hydrogen-bond donors (Lipinski definition) is 1. The summed E-state index contributed by atoms with van der Waals surface area (Å²) in [6, 6.07) is 8.47. The summed E-state index contributed by atoms with van der Waals surface area (Å²) in [6.45, 7) is 7.23. The Morgan fingerprint density at radius 2 is 2.05 bits per heavy atom. The van der Waals surface area contributed by atoms with Gasteiger partial charge in [0.15, 0.2) is 5.13 Å². The first-order valence-electron chi connectivity index (χ1n) is 7.09. The lowest BCUT2D eigenvalue weighted by Crippen LogP contribution is -2.21. The molecule has 0 fully saturated rings. The van der Waals surface area contributed by atoms with E-state index < -0.39 is 0 Å². The Hall–Kier alpha value is -1.59. The van der Waals surface area contributed by atoms with Crippen LogP contribution < -0.4 is 15.0 Å². The molecule has 0 radical (unpaired) electrons. The minimum absolute atomic E-state index is 0.474. The molecule has 0 aliphatic carbocycles. The van der Waals surface area contributed by atoms with Crippen LogP contribution in [0.15, 0.2) is 24.3 Å². The Kier molecular flexibility index (Phi) is 5.20. The van der Waals surface area contributed by atoms with Crippen LogP contribution >= 0.6 is 11.3 Å². The summed E-state index contributed by atoms with van der Waals surface area (Å²) in [6.07, 6.45) is 0. The summed E-state index contributed by atoms with van der Waals surface area (Å²) in [5.41, 5.74) is 2.11. The van der Waals surface area contributed by atoms with E-state index >= 15 is 0 Å². The first kappa shape index (κ1) is 15.8. The van der Waals surface area contributed by atoms with Gasteiger partial charge in [-0.15, -0.1) is 0 Å². The Morgan fingerprint density at radius 3 is 2.71 bits per heavy atom. The smallest absolute Gasteiger partial charge is 0.190 e. The summed E-state index contributed by atoms with van der Waals surface area (Å²) in [5, 5.41) is 4.43. The molecule has 2 rings (SSSR count). The number of ether oxygens (including phenoxy) is 1. The minimum Gasteiger partial charge on any atom is -0.495 e. The molecule has 1 aromatic carbocycles. The summed E-state index contributed by atoms with van der Waals surface area (Å²) in [7, 11) is 3.72. The predicted molar refractivity (Wildman–Crippen MR) is 89.9 cm³/mol. The van der Waals surface area contributed by atoms with Gasteiger partial charge < -0.3 is 15.0 Å². The number of nitrogens with one attached hydrogen (secondary N) is 1. The van der Waals surface area contributed by atoms with Crippen LogP contribution in [0.25, 0.3) is 0 Å². The zero-order valence-electron chi connectivity index (χ0n) is 13.3. The Morgan fingerprint density at radius 1 is 1.33 bits per heavy atom. The van der Waals surface area contributed by atoms with Gasteiger partial charge in [0.1, 0.15) is 5.75 Å². The Labute approximate surface area is 130 Å². The molecule has 1 N–H and O–H groups in total. The van der Waals surface area contributed by atoms with Crippen molar-refractivity contribution in [2.75, 3.05) is 19.1 Å². The van der Waals surface area contributed by atoms with E-state index in [0.29, 0.717) is 6.04 Å². The number of para-hydroxylation sites is 2. The molecule has 114 valence electrons. The van der Waals surface area contributed by atoms with Crippen LogP contribution in [0.1, 0.15) is 24.4 Å². The topological polar surface area (TPSA) is 37.4 Å². The number of hydrogen-bond acceptors (Lipinski definition) is 5. The highest BCUT2D eigenvalue weighted by atomic mass is 32.1. The van der Waals surface area contributed by atoms with Crippen molar-refractivity contribution in [3.8, 4) is 5.75 Å². The van der Waals surface area contributed by atoms with Gasteiger partial charge in [0, 0.05) is 24.5 Å². The summed E-state index contributed by atoms with van der Waals surface area (Å²) in [5.74, 6) is 0.856. The van der Waals surface area contributed by atoms with Crippen molar-refractivity contribution in [3.63, 3.8) is 0 Å². The molecule has 0 aliphatic heterocycles. The number of aryl methyl sites for hydroxylation is 1. The molecule has 2 aromatic rings. The van der Waals surface area contributed by atoms with Crippen LogP contribution in [0.3, 0.4) is 0 Å². The third kappa shape index (κ3) is 3.74. The van der Waals surface area contributed by atoms with Crippen LogP contribution in [-0.2, 0) is 6.54 Å². The molecule has 0 atom stereocenters. The van der Waals surface area contributed by atoms with Crippen LogP contribution in [0, 0.1) is 6.92 Å². The summed E-state index contributed by atoms with van der Waals surface area (Å²) < 4.78 is 5.43. The molecule has 0 saturated heterocycles. The average Bonchev–Trinajstić information content (AvgIpc) is 2.85. The van der Waals surface area contributed by atoms with E-state index in [1.54, 1.807) is 18.4 Å². The van der Waals surface area contributed by atoms with Gasteiger partial charge in [-0.25, -0.2) is 4.98 Å². The van der Waals surface area contributed by atoms with E-state index in [1.807, 2.05) is 31.3 Å². The predicted octanol–water partition coefficient (Wildman–Crippen LogP) is 3.73. The van der Waals surface area contributed by atoms with Crippen LogP contribution in [0.2, 0.25) is 0 Å². The van der Waals surface area contributed by atoms with Crippen LogP contribution in [-0.4, -0.2) is 25.2 Å². The van der Waals surface area contributed by atoms with E-state index in [2.05, 4.69) is 36.0 Å². The number of aromatic nitrogens is 1. The summed E-state index contributed by atoms with van der Waals surface area (Å²) in [4.78, 5) is 8.05. The van der Waals surface area contributed by atoms with Crippen molar-refractivity contribution < 1.29 is 4.74 Å². The van der Waals surface area contributed by atoms with Crippen molar-refractivity contribution in [2.45, 2.75) is 33.4 Å². The fourth-order valence-electron chi connectivity index (χ4n) is 2.03. The van der Waals surface area contributed by atoms with Gasteiger partial charge in [-0.1, -0.05) is 37.3 Å². The van der Waals surface area contributed by atoms with Gasteiger partial charge in [0.25, 0.3) is 0 Å². The molecule has 1 aromatic heterocycles. The van der Waals surface area contributed by atoms with Gasteiger partial charge in [-0.3, -0.25) is 0 Å². The van der Waals surface area contributed by atoms with E-state index in [1.165, 1.54) is 4.88 Å². The normalized spacial score (nSPS) is 11.0. The van der Waals surface area contributed by atoms with E-state index in [4.69, 9.17) is 4.74 Å². The molecular formula is C16H23N3OS. The first-order valence-corrected chi connectivity index (χ1v) is 7.91. The molecule has 5 heteroatoms. The number of nitrogens with zero attached hydrogens (tertiary/aromatic N) is 2. The average molecular weight is 305 g/mol. The van der Waals surface area contributed by atoms with E-state index in [9.17, 15) is 0 Å². The molecule has 0 bridgehead atoms. The monoisotopic (exact) mass is 305 g/mol. The lowest BCUT2D eigenvalue weighted by molar-refractivity contribution is 0.415. The zero-order valence-corrected chi connectivity index (χ0v) is 14.1.